The van der Waals surface area contributed by atoms with Gasteiger partial charge in [0.2, 0.25) is 0 Å². The van der Waals surface area contributed by atoms with Gasteiger partial charge < -0.3 is 15.4 Å². The molecule has 1 aromatic rings. The molecule has 1 heterocycles. The Bertz CT molecular complexity index is 508. The van der Waals surface area contributed by atoms with Crippen LogP contribution >= 0.6 is 23.2 Å². The van der Waals surface area contributed by atoms with Gasteiger partial charge in [-0.05, 0) is 18.9 Å². The van der Waals surface area contributed by atoms with Crippen molar-refractivity contribution in [3.05, 3.63) is 16.1 Å². The number of aromatic nitrogens is 1. The fourth-order valence-electron chi connectivity index (χ4n) is 2.63. The first-order valence-corrected chi connectivity index (χ1v) is 8.05. The van der Waals surface area contributed by atoms with Crippen LogP contribution in [0.1, 0.15) is 33.6 Å². The first-order chi connectivity index (χ1) is 9.90. The highest BCUT2D eigenvalue weighted by atomic mass is 35.5. The summed E-state index contributed by atoms with van der Waals surface area (Å²) in [4.78, 5) is 4.52. The first kappa shape index (κ1) is 16.7. The molecule has 118 valence electrons. The topological polar surface area (TPSA) is 46.2 Å². The third kappa shape index (κ3) is 3.38. The molecule has 2 rings (SSSR count). The number of hydrogen-bond donors (Lipinski definition) is 2. The second-order valence-electron chi connectivity index (χ2n) is 6.05. The molecule has 1 aliphatic rings. The minimum atomic E-state index is 0.0520. The summed E-state index contributed by atoms with van der Waals surface area (Å²) in [6.07, 6.45) is 2.22. The van der Waals surface area contributed by atoms with Gasteiger partial charge in [-0.2, -0.15) is 0 Å². The van der Waals surface area contributed by atoms with Crippen LogP contribution in [0.2, 0.25) is 10.0 Å². The molecule has 1 saturated carbocycles. The lowest BCUT2D eigenvalue weighted by Crippen LogP contribution is -2.57. The third-order valence-electron chi connectivity index (χ3n) is 4.25. The molecule has 6 heteroatoms. The molecular formula is C15H23Cl2N3O. The second-order valence-corrected chi connectivity index (χ2v) is 6.87. The predicted octanol–water partition coefficient (Wildman–Crippen LogP) is 4.44. The smallest absolute Gasteiger partial charge is 0.147 e. The number of nitrogens with one attached hydrogen (secondary N) is 2. The zero-order valence-electron chi connectivity index (χ0n) is 13.0. The SMILES string of the molecule is CCCNc1nc(NC2CC(OC)C2(C)C)c(Cl)cc1Cl. The summed E-state index contributed by atoms with van der Waals surface area (Å²) in [5.74, 6) is 1.35. The summed E-state index contributed by atoms with van der Waals surface area (Å²) >= 11 is 12.4. The van der Waals surface area contributed by atoms with E-state index in [1.165, 1.54) is 0 Å². The zero-order chi connectivity index (χ0) is 15.6. The van der Waals surface area contributed by atoms with Crippen LogP contribution in [0, 0.1) is 5.41 Å². The van der Waals surface area contributed by atoms with E-state index in [1.807, 2.05) is 0 Å². The summed E-state index contributed by atoms with van der Waals surface area (Å²) in [5, 5.41) is 7.72. The van der Waals surface area contributed by atoms with Gasteiger partial charge in [-0.3, -0.25) is 0 Å². The minimum absolute atomic E-state index is 0.0520. The van der Waals surface area contributed by atoms with Crippen LogP contribution in [0.5, 0.6) is 0 Å². The van der Waals surface area contributed by atoms with Crippen molar-refractivity contribution in [3.8, 4) is 0 Å². The molecule has 1 fully saturated rings. The molecule has 2 N–H and O–H groups in total. The third-order valence-corrected chi connectivity index (χ3v) is 4.82. The number of anilines is 2. The van der Waals surface area contributed by atoms with Crippen molar-refractivity contribution >= 4 is 34.8 Å². The highest BCUT2D eigenvalue weighted by Gasteiger charge is 2.48. The predicted molar refractivity (Wildman–Crippen MR) is 89.6 cm³/mol. The van der Waals surface area contributed by atoms with E-state index >= 15 is 0 Å². The Morgan fingerprint density at radius 3 is 2.57 bits per heavy atom. The lowest BCUT2D eigenvalue weighted by atomic mass is 9.64. The molecule has 0 aromatic carbocycles. The number of pyridine rings is 1. The fraction of sp³-hybridized carbons (Fsp3) is 0.667. The molecular weight excluding hydrogens is 309 g/mol. The van der Waals surface area contributed by atoms with E-state index in [0.29, 0.717) is 21.7 Å². The van der Waals surface area contributed by atoms with E-state index in [9.17, 15) is 0 Å². The van der Waals surface area contributed by atoms with Gasteiger partial charge in [-0.25, -0.2) is 4.98 Å². The number of halogens is 2. The van der Waals surface area contributed by atoms with Crippen LogP contribution in [0.4, 0.5) is 11.6 Å². The molecule has 21 heavy (non-hydrogen) atoms. The summed E-state index contributed by atoms with van der Waals surface area (Å²) in [6, 6.07) is 2.02. The summed E-state index contributed by atoms with van der Waals surface area (Å²) in [6.45, 7) is 7.29. The molecule has 0 spiro atoms. The molecule has 0 amide bonds. The van der Waals surface area contributed by atoms with E-state index in [-0.39, 0.29) is 17.6 Å². The average molecular weight is 332 g/mol. The highest BCUT2D eigenvalue weighted by Crippen LogP contribution is 2.44. The first-order valence-electron chi connectivity index (χ1n) is 7.29. The van der Waals surface area contributed by atoms with Crippen LogP contribution < -0.4 is 10.6 Å². The number of nitrogens with zero attached hydrogens (tertiary/aromatic N) is 1. The van der Waals surface area contributed by atoms with Crippen LogP contribution in [0.3, 0.4) is 0 Å². The molecule has 0 radical (unpaired) electrons. The van der Waals surface area contributed by atoms with Crippen molar-refractivity contribution in [2.24, 2.45) is 5.41 Å². The van der Waals surface area contributed by atoms with Crippen molar-refractivity contribution in [1.82, 2.24) is 4.98 Å². The lowest BCUT2D eigenvalue weighted by Gasteiger charge is -2.51. The van der Waals surface area contributed by atoms with Gasteiger partial charge in [0, 0.05) is 25.1 Å². The molecule has 4 nitrogen and oxygen atoms in total. The van der Waals surface area contributed by atoms with Crippen molar-refractivity contribution in [2.75, 3.05) is 24.3 Å². The van der Waals surface area contributed by atoms with E-state index in [4.69, 9.17) is 27.9 Å². The molecule has 1 aliphatic carbocycles. The Morgan fingerprint density at radius 1 is 1.33 bits per heavy atom. The number of hydrogen-bond acceptors (Lipinski definition) is 4. The van der Waals surface area contributed by atoms with Gasteiger partial charge in [0.1, 0.15) is 11.6 Å². The lowest BCUT2D eigenvalue weighted by molar-refractivity contribution is -0.0795. The largest absolute Gasteiger partial charge is 0.381 e. The molecule has 0 bridgehead atoms. The van der Waals surface area contributed by atoms with Gasteiger partial charge >= 0.3 is 0 Å². The van der Waals surface area contributed by atoms with Crippen LogP contribution in [0.25, 0.3) is 0 Å². The van der Waals surface area contributed by atoms with Gasteiger partial charge in [-0.15, -0.1) is 0 Å². The molecule has 0 saturated heterocycles. The average Bonchev–Trinajstić information content (AvgIpc) is 2.43. The number of ether oxygens (including phenoxy) is 1. The summed E-state index contributed by atoms with van der Waals surface area (Å²) < 4.78 is 5.47. The Morgan fingerprint density at radius 2 is 2.00 bits per heavy atom. The van der Waals surface area contributed by atoms with Gasteiger partial charge in [-0.1, -0.05) is 44.0 Å². The maximum Gasteiger partial charge on any atom is 0.147 e. The van der Waals surface area contributed by atoms with E-state index in [0.717, 1.165) is 19.4 Å². The van der Waals surface area contributed by atoms with Crippen LogP contribution in [0.15, 0.2) is 6.07 Å². The quantitative estimate of drug-likeness (QED) is 0.809. The Balaban J connectivity index is 2.13. The van der Waals surface area contributed by atoms with Crippen LogP contribution in [-0.2, 0) is 4.74 Å². The molecule has 2 atom stereocenters. The Hall–Kier alpha value is -0.710. The Labute approximate surface area is 136 Å². The molecule has 2 unspecified atom stereocenters. The van der Waals surface area contributed by atoms with Crippen molar-refractivity contribution in [1.29, 1.82) is 0 Å². The normalized spacial score (nSPS) is 23.5. The monoisotopic (exact) mass is 331 g/mol. The highest BCUT2D eigenvalue weighted by molar-refractivity contribution is 6.37. The molecule has 0 aliphatic heterocycles. The standard InChI is InChI=1S/C15H23Cl2N3O/c1-5-6-18-13-9(16)7-10(17)14(20-13)19-11-8-12(21-4)15(11,2)3/h7,11-12H,5-6,8H2,1-4H3,(H2,18,19,20). The fourth-order valence-corrected chi connectivity index (χ4v) is 3.11. The zero-order valence-corrected chi connectivity index (χ0v) is 14.5. The maximum atomic E-state index is 6.26. The van der Waals surface area contributed by atoms with Gasteiger partial charge in [0.15, 0.2) is 0 Å². The van der Waals surface area contributed by atoms with Gasteiger partial charge in [0.25, 0.3) is 0 Å². The summed E-state index contributed by atoms with van der Waals surface area (Å²) in [5.41, 5.74) is 0.0520. The Kier molecular flexibility index (Phi) is 5.23. The van der Waals surface area contributed by atoms with Crippen LogP contribution in [-0.4, -0.2) is 30.8 Å². The molecule has 1 aromatic heterocycles. The van der Waals surface area contributed by atoms with Crippen molar-refractivity contribution in [3.63, 3.8) is 0 Å². The van der Waals surface area contributed by atoms with E-state index < -0.39 is 0 Å². The number of methoxy groups -OCH3 is 1. The van der Waals surface area contributed by atoms with Gasteiger partial charge in [0.05, 0.1) is 16.1 Å². The van der Waals surface area contributed by atoms with E-state index in [2.05, 4.69) is 36.4 Å². The maximum absolute atomic E-state index is 6.26. The number of rotatable bonds is 6. The minimum Gasteiger partial charge on any atom is -0.381 e. The second kappa shape index (κ2) is 6.59. The van der Waals surface area contributed by atoms with Crippen molar-refractivity contribution < 1.29 is 4.74 Å². The van der Waals surface area contributed by atoms with E-state index in [1.54, 1.807) is 13.2 Å². The van der Waals surface area contributed by atoms with Crippen molar-refractivity contribution in [2.45, 2.75) is 45.8 Å². The summed E-state index contributed by atoms with van der Waals surface area (Å²) in [7, 11) is 1.75.